The number of oxazole rings is 1. The third-order valence-electron chi connectivity index (χ3n) is 4.78. The molecule has 0 aliphatic heterocycles. The lowest BCUT2D eigenvalue weighted by molar-refractivity contribution is 0.117. The van der Waals surface area contributed by atoms with E-state index in [2.05, 4.69) is 9.97 Å². The maximum atomic E-state index is 7.17. The normalized spacial score (nSPS) is 11.9. The number of hydrogen-bond acceptors (Lipinski definition) is 7. The summed E-state index contributed by atoms with van der Waals surface area (Å²) < 4.78 is 11.7. The Morgan fingerprint density at radius 1 is 1.13 bits per heavy atom. The highest BCUT2D eigenvalue weighted by Gasteiger charge is 2.15. The second kappa shape index (κ2) is 8.75. The lowest BCUT2D eigenvalue weighted by Crippen LogP contribution is -1.98. The van der Waals surface area contributed by atoms with Crippen molar-refractivity contribution < 1.29 is 9.15 Å². The molecule has 0 bridgehead atoms. The molecule has 0 aliphatic carbocycles. The first-order chi connectivity index (χ1) is 14.7. The third kappa shape index (κ3) is 4.16. The number of nitrogens with two attached hydrogens (primary N) is 2. The molecule has 2 heterocycles. The Kier molecular flexibility index (Phi) is 5.72. The fourth-order valence-corrected chi connectivity index (χ4v) is 3.28. The number of benzene rings is 2. The molecule has 0 unspecified atom stereocenters. The molecule has 0 saturated carbocycles. The topological polar surface area (TPSA) is 124 Å². The maximum Gasteiger partial charge on any atom is 0.195 e. The predicted molar refractivity (Wildman–Crippen MR) is 119 cm³/mol. The molecule has 4 aromatic rings. The van der Waals surface area contributed by atoms with E-state index in [1.807, 2.05) is 48.5 Å². The minimum atomic E-state index is 0.319. The van der Waals surface area contributed by atoms with Crippen LogP contribution in [0.4, 0.5) is 5.82 Å². The largest absolute Gasteiger partial charge is 0.440 e. The maximum absolute atomic E-state index is 7.17. The number of fused-ring (bicyclic) bond motifs is 3. The summed E-state index contributed by atoms with van der Waals surface area (Å²) in [4.78, 5) is 8.98. The van der Waals surface area contributed by atoms with Crippen LogP contribution in [0.15, 0.2) is 59.0 Å². The van der Waals surface area contributed by atoms with Gasteiger partial charge in [-0.05, 0) is 35.8 Å². The van der Waals surface area contributed by atoms with Crippen molar-refractivity contribution in [1.29, 1.82) is 5.41 Å². The van der Waals surface area contributed by atoms with Gasteiger partial charge in [0.25, 0.3) is 0 Å². The Morgan fingerprint density at radius 2 is 1.97 bits per heavy atom. The molecule has 0 aliphatic rings. The molecule has 0 fully saturated rings. The minimum Gasteiger partial charge on any atom is -0.440 e. The van der Waals surface area contributed by atoms with Gasteiger partial charge in [-0.15, -0.1) is 0 Å². The van der Waals surface area contributed by atoms with Gasteiger partial charge >= 0.3 is 0 Å². The molecule has 0 radical (unpaired) electrons. The average molecular weight is 401 g/mol. The van der Waals surface area contributed by atoms with E-state index in [1.54, 1.807) is 0 Å². The monoisotopic (exact) mass is 401 g/mol. The number of rotatable bonds is 8. The molecule has 2 aromatic carbocycles. The van der Waals surface area contributed by atoms with Crippen molar-refractivity contribution in [3.8, 4) is 0 Å². The van der Waals surface area contributed by atoms with E-state index in [-0.39, 0.29) is 0 Å². The predicted octanol–water partition coefficient (Wildman–Crippen LogP) is 4.06. The molecular formula is C23H23N5O2. The van der Waals surface area contributed by atoms with Crippen LogP contribution in [0.1, 0.15) is 23.4 Å². The van der Waals surface area contributed by atoms with Gasteiger partial charge < -0.3 is 26.0 Å². The summed E-state index contributed by atoms with van der Waals surface area (Å²) in [5, 5.41) is 7.99. The fourth-order valence-electron chi connectivity index (χ4n) is 3.28. The first kappa shape index (κ1) is 19.6. The van der Waals surface area contributed by atoms with Gasteiger partial charge in [-0.25, -0.2) is 9.97 Å². The second-order valence-corrected chi connectivity index (χ2v) is 6.94. The van der Waals surface area contributed by atoms with Crippen LogP contribution in [0.2, 0.25) is 0 Å². The summed E-state index contributed by atoms with van der Waals surface area (Å²) in [5.74, 6) is 0.932. The first-order valence-electron chi connectivity index (χ1n) is 9.72. The Bertz CT molecular complexity index is 1210. The summed E-state index contributed by atoms with van der Waals surface area (Å²) in [6.45, 7) is 1.21. The summed E-state index contributed by atoms with van der Waals surface area (Å²) >= 11 is 0. The van der Waals surface area contributed by atoms with Gasteiger partial charge in [0.05, 0.1) is 12.1 Å². The van der Waals surface area contributed by atoms with Crippen molar-refractivity contribution in [3.63, 3.8) is 0 Å². The molecule has 4 rings (SSSR count). The van der Waals surface area contributed by atoms with E-state index in [9.17, 15) is 0 Å². The number of allylic oxidation sites excluding steroid dienone is 1. The van der Waals surface area contributed by atoms with Crippen LogP contribution >= 0.6 is 0 Å². The zero-order valence-corrected chi connectivity index (χ0v) is 16.5. The van der Waals surface area contributed by atoms with Gasteiger partial charge in [0.15, 0.2) is 22.8 Å². The smallest absolute Gasteiger partial charge is 0.195 e. The summed E-state index contributed by atoms with van der Waals surface area (Å²) in [7, 11) is 0. The van der Waals surface area contributed by atoms with Gasteiger partial charge in [-0.2, -0.15) is 0 Å². The molecule has 0 atom stereocenters. The molecular weight excluding hydrogens is 378 g/mol. The second-order valence-electron chi connectivity index (χ2n) is 6.94. The number of anilines is 1. The molecule has 5 N–H and O–H groups in total. The van der Waals surface area contributed by atoms with E-state index in [4.69, 9.17) is 26.0 Å². The van der Waals surface area contributed by atoms with Gasteiger partial charge in [0, 0.05) is 30.3 Å². The summed E-state index contributed by atoms with van der Waals surface area (Å²) in [6.07, 6.45) is 4.11. The van der Waals surface area contributed by atoms with Crippen molar-refractivity contribution in [3.05, 3.63) is 71.6 Å². The third-order valence-corrected chi connectivity index (χ3v) is 4.78. The molecule has 152 valence electrons. The number of nitrogens with zero attached hydrogens (tertiary/aromatic N) is 2. The number of aromatic nitrogens is 2. The van der Waals surface area contributed by atoms with E-state index in [0.717, 1.165) is 29.1 Å². The van der Waals surface area contributed by atoms with E-state index in [1.165, 1.54) is 6.08 Å². The zero-order valence-electron chi connectivity index (χ0n) is 16.5. The highest BCUT2D eigenvalue weighted by Crippen LogP contribution is 2.30. The van der Waals surface area contributed by atoms with Crippen molar-refractivity contribution in [2.45, 2.75) is 19.4 Å². The molecule has 7 nitrogen and oxygen atoms in total. The highest BCUT2D eigenvalue weighted by atomic mass is 16.5. The van der Waals surface area contributed by atoms with Gasteiger partial charge in [-0.1, -0.05) is 36.4 Å². The molecule has 0 amide bonds. The van der Waals surface area contributed by atoms with Crippen molar-refractivity contribution in [2.75, 3.05) is 12.3 Å². The van der Waals surface area contributed by atoms with Crippen LogP contribution < -0.4 is 11.5 Å². The number of pyridine rings is 1. The number of aryl methyl sites for hydroxylation is 1. The lowest BCUT2D eigenvalue weighted by Gasteiger charge is -2.04. The van der Waals surface area contributed by atoms with Crippen LogP contribution in [0.3, 0.4) is 0 Å². The average Bonchev–Trinajstić information content (AvgIpc) is 3.19. The van der Waals surface area contributed by atoms with Crippen molar-refractivity contribution in [1.82, 2.24) is 9.97 Å². The standard InChI is InChI=1S/C23H23N5O2/c24-11-10-18(25)16-8-9-17-19(13-16)27-23(26)21-22(17)30-20(28-21)7-4-12-29-14-15-5-2-1-3-6-15/h1-3,5-6,8-11,13,24H,4,7,12,14,25H2,(H2,26,27)/b18-10-,24-11?. The van der Waals surface area contributed by atoms with Crippen molar-refractivity contribution in [2.24, 2.45) is 5.73 Å². The first-order valence-corrected chi connectivity index (χ1v) is 9.72. The zero-order chi connectivity index (χ0) is 20.9. The number of ether oxygens (including phenoxy) is 1. The Hall–Kier alpha value is -3.71. The molecule has 7 heteroatoms. The van der Waals surface area contributed by atoms with Gasteiger partial charge in [0.1, 0.15) is 0 Å². The highest BCUT2D eigenvalue weighted by molar-refractivity contribution is 6.05. The van der Waals surface area contributed by atoms with Crippen LogP contribution in [0.25, 0.3) is 27.7 Å². The van der Waals surface area contributed by atoms with Gasteiger partial charge in [-0.3, -0.25) is 0 Å². The van der Waals surface area contributed by atoms with Crippen molar-refractivity contribution >= 4 is 39.7 Å². The summed E-state index contributed by atoms with van der Waals surface area (Å²) in [5.41, 5.74) is 16.4. The lowest BCUT2D eigenvalue weighted by atomic mass is 10.1. The van der Waals surface area contributed by atoms with Crippen LogP contribution in [-0.2, 0) is 17.8 Å². The fraction of sp³-hybridized carbons (Fsp3) is 0.174. The molecule has 0 saturated heterocycles. The number of hydrogen-bond donors (Lipinski definition) is 3. The van der Waals surface area contributed by atoms with E-state index < -0.39 is 0 Å². The van der Waals surface area contributed by atoms with Crippen LogP contribution in [0.5, 0.6) is 0 Å². The molecule has 2 aromatic heterocycles. The van der Waals surface area contributed by atoms with Crippen LogP contribution in [0, 0.1) is 5.41 Å². The van der Waals surface area contributed by atoms with E-state index in [0.29, 0.717) is 53.7 Å². The Labute approximate surface area is 173 Å². The van der Waals surface area contributed by atoms with Crippen LogP contribution in [-0.4, -0.2) is 22.8 Å². The molecule has 30 heavy (non-hydrogen) atoms. The summed E-state index contributed by atoms with van der Waals surface area (Å²) in [6, 6.07) is 15.7. The molecule has 0 spiro atoms. The quantitative estimate of drug-likeness (QED) is 0.302. The Morgan fingerprint density at radius 3 is 2.77 bits per heavy atom. The van der Waals surface area contributed by atoms with E-state index >= 15 is 0 Å². The van der Waals surface area contributed by atoms with Gasteiger partial charge in [0.2, 0.25) is 0 Å². The number of nitrogens with one attached hydrogen (secondary N) is 1. The minimum absolute atomic E-state index is 0.319. The number of nitrogen functional groups attached to an aromatic ring is 1. The SMILES string of the molecule is N=C/C=C(\N)c1ccc2c(c1)nc(N)c1nc(CCCOCc3ccccc3)oc12. The Balaban J connectivity index is 1.49.